The van der Waals surface area contributed by atoms with Crippen molar-refractivity contribution in [2.45, 2.75) is 26.2 Å². The minimum atomic E-state index is 0.0600. The van der Waals surface area contributed by atoms with E-state index in [9.17, 15) is 4.79 Å². The second-order valence-electron chi connectivity index (χ2n) is 4.91. The third kappa shape index (κ3) is 3.59. The molecule has 1 saturated heterocycles. The third-order valence-corrected chi connectivity index (χ3v) is 4.29. The van der Waals surface area contributed by atoms with E-state index in [0.717, 1.165) is 42.3 Å². The first-order chi connectivity index (χ1) is 9.22. The van der Waals surface area contributed by atoms with Crippen molar-refractivity contribution >= 4 is 17.2 Å². The number of nitrogens with zero attached hydrogens (tertiary/aromatic N) is 1. The largest absolute Gasteiger partial charge is 0.395 e. The predicted molar refractivity (Wildman–Crippen MR) is 77.2 cm³/mol. The second-order valence-corrected chi connectivity index (χ2v) is 5.83. The van der Waals surface area contributed by atoms with Crippen molar-refractivity contribution in [1.29, 1.82) is 0 Å². The molecule has 1 amide bonds. The van der Waals surface area contributed by atoms with Crippen LogP contribution in [0.5, 0.6) is 0 Å². The Labute approximate surface area is 118 Å². The Balaban J connectivity index is 2.08. The van der Waals surface area contributed by atoms with Crippen molar-refractivity contribution in [3.05, 3.63) is 21.9 Å². The van der Waals surface area contributed by atoms with Gasteiger partial charge in [0.15, 0.2) is 0 Å². The van der Waals surface area contributed by atoms with Crippen LogP contribution in [0.1, 0.15) is 41.4 Å². The molecule has 0 radical (unpaired) electrons. The maximum Gasteiger partial charge on any atom is 0.265 e. The van der Waals surface area contributed by atoms with Crippen molar-refractivity contribution < 1.29 is 9.90 Å². The van der Waals surface area contributed by atoms with E-state index in [1.54, 1.807) is 0 Å². The van der Waals surface area contributed by atoms with Crippen LogP contribution in [0, 0.1) is 17.8 Å². The van der Waals surface area contributed by atoms with E-state index < -0.39 is 0 Å². The lowest BCUT2D eigenvalue weighted by atomic mass is 9.99. The molecular weight excluding hydrogens is 258 g/mol. The summed E-state index contributed by atoms with van der Waals surface area (Å²) >= 11 is 1.45. The highest BCUT2D eigenvalue weighted by atomic mass is 32.1. The summed E-state index contributed by atoms with van der Waals surface area (Å²) in [4.78, 5) is 15.1. The van der Waals surface area contributed by atoms with Crippen molar-refractivity contribution in [1.82, 2.24) is 4.90 Å². The molecule has 4 heteroatoms. The van der Waals surface area contributed by atoms with Gasteiger partial charge in [0.25, 0.3) is 5.91 Å². The fourth-order valence-corrected chi connectivity index (χ4v) is 2.96. The molecule has 3 nitrogen and oxygen atoms in total. The van der Waals surface area contributed by atoms with Gasteiger partial charge in [-0.2, -0.15) is 0 Å². The number of carbonyl (C=O) groups is 1. The summed E-state index contributed by atoms with van der Waals surface area (Å²) in [5, 5.41) is 10.6. The van der Waals surface area contributed by atoms with Gasteiger partial charge in [0.2, 0.25) is 0 Å². The molecule has 0 spiro atoms. The summed E-state index contributed by atoms with van der Waals surface area (Å²) < 4.78 is 0. The molecule has 2 rings (SSSR count). The molecule has 0 unspecified atom stereocenters. The van der Waals surface area contributed by atoms with Gasteiger partial charge in [-0.25, -0.2) is 0 Å². The predicted octanol–water partition coefficient (Wildman–Crippen LogP) is 2.35. The molecule has 2 heterocycles. The fraction of sp³-hybridized carbons (Fsp3) is 0.533. The number of amides is 1. The van der Waals surface area contributed by atoms with E-state index in [1.807, 2.05) is 16.3 Å². The van der Waals surface area contributed by atoms with Gasteiger partial charge in [-0.05, 0) is 30.2 Å². The first-order valence-corrected chi connectivity index (χ1v) is 7.57. The molecule has 0 aliphatic carbocycles. The van der Waals surface area contributed by atoms with Crippen LogP contribution in [0.15, 0.2) is 11.4 Å². The number of hydrogen-bond donors (Lipinski definition) is 1. The number of hydrogen-bond acceptors (Lipinski definition) is 3. The van der Waals surface area contributed by atoms with Gasteiger partial charge < -0.3 is 10.0 Å². The van der Waals surface area contributed by atoms with Gasteiger partial charge in [0, 0.05) is 25.1 Å². The Bertz CT molecular complexity index is 490. The van der Waals surface area contributed by atoms with E-state index in [4.69, 9.17) is 5.11 Å². The molecule has 1 aliphatic heterocycles. The molecule has 102 valence electrons. The Morgan fingerprint density at radius 3 is 2.95 bits per heavy atom. The number of carbonyl (C=O) groups excluding carboxylic acids is 1. The summed E-state index contributed by atoms with van der Waals surface area (Å²) in [7, 11) is 0. The van der Waals surface area contributed by atoms with Crippen LogP contribution < -0.4 is 0 Å². The maximum atomic E-state index is 12.4. The minimum Gasteiger partial charge on any atom is -0.395 e. The Kier molecular flexibility index (Phi) is 5.00. The summed E-state index contributed by atoms with van der Waals surface area (Å²) in [6, 6.07) is 1.88. The smallest absolute Gasteiger partial charge is 0.265 e. The number of piperidine rings is 1. The highest BCUT2D eigenvalue weighted by molar-refractivity contribution is 7.12. The lowest BCUT2D eigenvalue weighted by Crippen LogP contribution is -2.37. The quantitative estimate of drug-likeness (QED) is 0.843. The first-order valence-electron chi connectivity index (χ1n) is 6.69. The minimum absolute atomic E-state index is 0.0600. The van der Waals surface area contributed by atoms with Crippen LogP contribution in [-0.4, -0.2) is 35.6 Å². The van der Waals surface area contributed by atoms with Crippen LogP contribution in [0.2, 0.25) is 0 Å². The van der Waals surface area contributed by atoms with Gasteiger partial charge in [0.1, 0.15) is 4.88 Å². The van der Waals surface area contributed by atoms with Crippen molar-refractivity contribution in [2.75, 3.05) is 19.7 Å². The van der Waals surface area contributed by atoms with E-state index in [-0.39, 0.29) is 12.5 Å². The molecule has 1 N–H and O–H groups in total. The Morgan fingerprint density at radius 2 is 2.26 bits per heavy atom. The van der Waals surface area contributed by atoms with E-state index >= 15 is 0 Å². The summed E-state index contributed by atoms with van der Waals surface area (Å²) in [6.07, 6.45) is 2.62. The highest BCUT2D eigenvalue weighted by Gasteiger charge is 2.23. The zero-order chi connectivity index (χ0) is 13.7. The lowest BCUT2D eigenvalue weighted by Gasteiger charge is -2.30. The molecule has 1 fully saturated rings. The molecule has 0 bridgehead atoms. The second kappa shape index (κ2) is 6.74. The van der Waals surface area contributed by atoms with Crippen LogP contribution in [-0.2, 0) is 0 Å². The van der Waals surface area contributed by atoms with Gasteiger partial charge >= 0.3 is 0 Å². The van der Waals surface area contributed by atoms with Gasteiger partial charge in [-0.1, -0.05) is 18.8 Å². The van der Waals surface area contributed by atoms with Crippen molar-refractivity contribution in [2.24, 2.45) is 5.92 Å². The van der Waals surface area contributed by atoms with Crippen molar-refractivity contribution in [3.8, 4) is 11.8 Å². The van der Waals surface area contributed by atoms with Gasteiger partial charge in [-0.3, -0.25) is 4.79 Å². The first kappa shape index (κ1) is 14.1. The zero-order valence-corrected chi connectivity index (χ0v) is 12.0. The zero-order valence-electron chi connectivity index (χ0n) is 11.2. The number of aliphatic hydroxyl groups is 1. The fourth-order valence-electron chi connectivity index (χ4n) is 2.14. The molecule has 0 aromatic carbocycles. The van der Waals surface area contributed by atoms with Crippen molar-refractivity contribution in [3.63, 3.8) is 0 Å². The molecule has 1 aromatic rings. The molecule has 0 saturated carbocycles. The van der Waals surface area contributed by atoms with Crippen LogP contribution in [0.4, 0.5) is 0 Å². The van der Waals surface area contributed by atoms with Crippen LogP contribution in [0.3, 0.4) is 0 Å². The van der Waals surface area contributed by atoms with Crippen LogP contribution >= 0.6 is 11.3 Å². The lowest BCUT2D eigenvalue weighted by molar-refractivity contribution is 0.0702. The molecule has 19 heavy (non-hydrogen) atoms. The van der Waals surface area contributed by atoms with E-state index in [2.05, 4.69) is 18.8 Å². The Morgan fingerprint density at radius 1 is 1.53 bits per heavy atom. The summed E-state index contributed by atoms with van der Waals surface area (Å²) in [6.45, 7) is 3.99. The molecular formula is C15H19NO2S. The third-order valence-electron chi connectivity index (χ3n) is 3.39. The normalized spacial score (nSPS) is 16.0. The topological polar surface area (TPSA) is 40.5 Å². The monoisotopic (exact) mass is 277 g/mol. The standard InChI is InChI=1S/C15H19NO2S/c1-12-5-8-16(9-6-12)15(18)14-13(7-11-19-14)4-2-3-10-17/h7,11-12,17H,3,5-6,8-10H2,1H3. The SMILES string of the molecule is CC1CCN(C(=O)c2sccc2C#CCCO)CC1. The number of aliphatic hydroxyl groups excluding tert-OH is 1. The number of rotatable bonds is 2. The highest BCUT2D eigenvalue weighted by Crippen LogP contribution is 2.22. The molecule has 1 aliphatic rings. The summed E-state index contributed by atoms with van der Waals surface area (Å²) in [5.74, 6) is 6.68. The Hall–Kier alpha value is -1.31. The number of likely N-dealkylation sites (tertiary alicyclic amines) is 1. The van der Waals surface area contributed by atoms with Gasteiger partial charge in [0.05, 0.1) is 6.61 Å². The summed E-state index contributed by atoms with van der Waals surface area (Å²) in [5.41, 5.74) is 0.794. The van der Waals surface area contributed by atoms with E-state index in [1.165, 1.54) is 11.3 Å². The maximum absolute atomic E-state index is 12.4. The average molecular weight is 277 g/mol. The average Bonchev–Trinajstić information content (AvgIpc) is 2.87. The molecule has 1 aromatic heterocycles. The van der Waals surface area contributed by atoms with E-state index in [0.29, 0.717) is 6.42 Å². The van der Waals surface area contributed by atoms with Gasteiger partial charge in [-0.15, -0.1) is 11.3 Å². The van der Waals surface area contributed by atoms with Crippen LogP contribution in [0.25, 0.3) is 0 Å². The molecule has 0 atom stereocenters. The number of thiophene rings is 1.